The van der Waals surface area contributed by atoms with Crippen LogP contribution in [0.2, 0.25) is 0 Å². The molecule has 0 amide bonds. The van der Waals surface area contributed by atoms with Crippen molar-refractivity contribution in [1.82, 2.24) is 15.1 Å². The number of pyridine rings is 1. The van der Waals surface area contributed by atoms with Gasteiger partial charge in [-0.3, -0.25) is 0 Å². The van der Waals surface area contributed by atoms with Crippen LogP contribution in [0, 0.1) is 0 Å². The molecule has 0 atom stereocenters. The fourth-order valence-corrected chi connectivity index (χ4v) is 2.57. The summed E-state index contributed by atoms with van der Waals surface area (Å²) in [6, 6.07) is 3.62. The van der Waals surface area contributed by atoms with Gasteiger partial charge in [-0.15, -0.1) is 0 Å². The molecule has 0 saturated heterocycles. The van der Waals surface area contributed by atoms with Gasteiger partial charge in [-0.25, -0.2) is 4.98 Å². The molecule has 3 rings (SSSR count). The second-order valence-corrected chi connectivity index (χ2v) is 5.23. The minimum absolute atomic E-state index is 0.469. The van der Waals surface area contributed by atoms with E-state index in [2.05, 4.69) is 15.1 Å². The standard InChI is InChI=1S/C14H18N4O2/c1-19-11-6-5-10(9-16-11)12-17-13(20-18-12)14(15)7-3-2-4-8-14/h5-6,9H,2-4,7-8,15H2,1H3. The van der Waals surface area contributed by atoms with Crippen LogP contribution in [-0.4, -0.2) is 22.2 Å². The van der Waals surface area contributed by atoms with E-state index in [1.54, 1.807) is 19.4 Å². The first kappa shape index (κ1) is 13.1. The predicted molar refractivity (Wildman–Crippen MR) is 73.0 cm³/mol. The quantitative estimate of drug-likeness (QED) is 0.923. The number of methoxy groups -OCH3 is 1. The molecule has 0 radical (unpaired) electrons. The molecule has 2 aromatic rings. The Morgan fingerprint density at radius 1 is 1.25 bits per heavy atom. The molecule has 0 unspecified atom stereocenters. The van der Waals surface area contributed by atoms with E-state index in [1.165, 1.54) is 6.42 Å². The zero-order valence-corrected chi connectivity index (χ0v) is 11.5. The average Bonchev–Trinajstić information content (AvgIpc) is 2.99. The molecule has 2 heterocycles. The number of rotatable bonds is 3. The SMILES string of the molecule is COc1ccc(-c2noc(C3(N)CCCCC3)n2)cn1. The highest BCUT2D eigenvalue weighted by Gasteiger charge is 2.35. The van der Waals surface area contributed by atoms with E-state index < -0.39 is 5.54 Å². The molecule has 1 aliphatic rings. The fourth-order valence-electron chi connectivity index (χ4n) is 2.57. The second-order valence-electron chi connectivity index (χ2n) is 5.23. The lowest BCUT2D eigenvalue weighted by atomic mass is 9.82. The Morgan fingerprint density at radius 2 is 2.05 bits per heavy atom. The second kappa shape index (κ2) is 5.20. The van der Waals surface area contributed by atoms with Gasteiger partial charge >= 0.3 is 0 Å². The van der Waals surface area contributed by atoms with Gasteiger partial charge in [-0.1, -0.05) is 24.4 Å². The first-order valence-corrected chi connectivity index (χ1v) is 6.85. The number of nitrogens with two attached hydrogens (primary N) is 1. The molecular weight excluding hydrogens is 256 g/mol. The normalized spacial score (nSPS) is 17.9. The highest BCUT2D eigenvalue weighted by atomic mass is 16.5. The predicted octanol–water partition coefficient (Wildman–Crippen LogP) is 2.26. The Labute approximate surface area is 117 Å². The lowest BCUT2D eigenvalue weighted by Gasteiger charge is -2.29. The van der Waals surface area contributed by atoms with E-state index in [-0.39, 0.29) is 0 Å². The first-order valence-electron chi connectivity index (χ1n) is 6.85. The van der Waals surface area contributed by atoms with Crippen LogP contribution in [0.5, 0.6) is 5.88 Å². The van der Waals surface area contributed by atoms with Crippen LogP contribution in [0.3, 0.4) is 0 Å². The third kappa shape index (κ3) is 2.38. The minimum Gasteiger partial charge on any atom is -0.481 e. The lowest BCUT2D eigenvalue weighted by Crippen LogP contribution is -2.38. The van der Waals surface area contributed by atoms with E-state index in [0.717, 1.165) is 31.2 Å². The highest BCUT2D eigenvalue weighted by Crippen LogP contribution is 2.34. The van der Waals surface area contributed by atoms with Gasteiger partial charge in [0, 0.05) is 17.8 Å². The largest absolute Gasteiger partial charge is 0.481 e. The Balaban J connectivity index is 1.85. The Kier molecular flexibility index (Phi) is 3.40. The third-order valence-corrected chi connectivity index (χ3v) is 3.80. The van der Waals surface area contributed by atoms with Crippen molar-refractivity contribution in [3.8, 4) is 17.3 Å². The first-order chi connectivity index (χ1) is 9.71. The number of aromatic nitrogens is 3. The van der Waals surface area contributed by atoms with Crippen LogP contribution in [0.4, 0.5) is 0 Å². The molecule has 6 heteroatoms. The van der Waals surface area contributed by atoms with Gasteiger partial charge in [0.25, 0.3) is 0 Å². The van der Waals surface area contributed by atoms with Gasteiger partial charge in [-0.05, 0) is 18.9 Å². The van der Waals surface area contributed by atoms with Crippen molar-refractivity contribution in [2.24, 2.45) is 5.73 Å². The topological polar surface area (TPSA) is 87.1 Å². The maximum atomic E-state index is 6.39. The zero-order valence-electron chi connectivity index (χ0n) is 11.5. The van der Waals surface area contributed by atoms with E-state index >= 15 is 0 Å². The smallest absolute Gasteiger partial charge is 0.247 e. The molecule has 0 aromatic carbocycles. The van der Waals surface area contributed by atoms with Crippen LogP contribution >= 0.6 is 0 Å². The number of hydrogen-bond donors (Lipinski definition) is 1. The number of nitrogens with zero attached hydrogens (tertiary/aromatic N) is 3. The fraction of sp³-hybridized carbons (Fsp3) is 0.500. The van der Waals surface area contributed by atoms with Crippen molar-refractivity contribution in [3.05, 3.63) is 24.2 Å². The third-order valence-electron chi connectivity index (χ3n) is 3.80. The maximum absolute atomic E-state index is 6.39. The van der Waals surface area contributed by atoms with Crippen molar-refractivity contribution in [2.45, 2.75) is 37.6 Å². The number of hydrogen-bond acceptors (Lipinski definition) is 6. The molecule has 106 valence electrons. The molecule has 1 aliphatic carbocycles. The molecule has 20 heavy (non-hydrogen) atoms. The van der Waals surface area contributed by atoms with Crippen molar-refractivity contribution in [3.63, 3.8) is 0 Å². The lowest BCUT2D eigenvalue weighted by molar-refractivity contribution is 0.220. The molecule has 2 aromatic heterocycles. The summed E-state index contributed by atoms with van der Waals surface area (Å²) in [6.07, 6.45) is 6.90. The Hall–Kier alpha value is -1.95. The Bertz CT molecular complexity index is 573. The number of ether oxygens (including phenoxy) is 1. The van der Waals surface area contributed by atoms with Crippen molar-refractivity contribution in [1.29, 1.82) is 0 Å². The van der Waals surface area contributed by atoms with Gasteiger partial charge < -0.3 is 15.0 Å². The summed E-state index contributed by atoms with van der Waals surface area (Å²) < 4.78 is 10.4. The average molecular weight is 274 g/mol. The van der Waals surface area contributed by atoms with Crippen molar-refractivity contribution in [2.75, 3.05) is 7.11 Å². The maximum Gasteiger partial charge on any atom is 0.247 e. The summed E-state index contributed by atoms with van der Waals surface area (Å²) in [5, 5.41) is 4.02. The van der Waals surface area contributed by atoms with Crippen LogP contribution in [0.1, 0.15) is 38.0 Å². The summed E-state index contributed by atoms with van der Waals surface area (Å²) >= 11 is 0. The zero-order chi connectivity index (χ0) is 14.0. The van der Waals surface area contributed by atoms with E-state index in [1.807, 2.05) is 6.07 Å². The highest BCUT2D eigenvalue weighted by molar-refractivity contribution is 5.53. The molecular formula is C14H18N4O2. The van der Waals surface area contributed by atoms with Gasteiger partial charge in [0.05, 0.1) is 12.6 Å². The van der Waals surface area contributed by atoms with Crippen LogP contribution in [-0.2, 0) is 5.54 Å². The summed E-state index contributed by atoms with van der Waals surface area (Å²) in [4.78, 5) is 8.59. The summed E-state index contributed by atoms with van der Waals surface area (Å²) in [5.74, 6) is 1.61. The Morgan fingerprint density at radius 3 is 2.70 bits per heavy atom. The van der Waals surface area contributed by atoms with Crippen molar-refractivity contribution < 1.29 is 9.26 Å². The molecule has 2 N–H and O–H groups in total. The molecule has 6 nitrogen and oxygen atoms in total. The summed E-state index contributed by atoms with van der Waals surface area (Å²) in [6.45, 7) is 0. The summed E-state index contributed by atoms with van der Waals surface area (Å²) in [7, 11) is 1.58. The van der Waals surface area contributed by atoms with Gasteiger partial charge in [0.1, 0.15) is 0 Å². The van der Waals surface area contributed by atoms with Crippen LogP contribution < -0.4 is 10.5 Å². The molecule has 1 fully saturated rings. The van der Waals surface area contributed by atoms with E-state index in [9.17, 15) is 0 Å². The van der Waals surface area contributed by atoms with Crippen LogP contribution in [0.15, 0.2) is 22.9 Å². The molecule has 0 aliphatic heterocycles. The van der Waals surface area contributed by atoms with Crippen molar-refractivity contribution >= 4 is 0 Å². The van der Waals surface area contributed by atoms with E-state index in [4.69, 9.17) is 15.0 Å². The van der Waals surface area contributed by atoms with Crippen LogP contribution in [0.25, 0.3) is 11.4 Å². The molecule has 1 saturated carbocycles. The summed E-state index contributed by atoms with van der Waals surface area (Å²) in [5.41, 5.74) is 6.71. The molecule has 0 spiro atoms. The minimum atomic E-state index is -0.469. The monoisotopic (exact) mass is 274 g/mol. The molecule has 0 bridgehead atoms. The van der Waals surface area contributed by atoms with Gasteiger partial charge in [0.2, 0.25) is 17.6 Å². The van der Waals surface area contributed by atoms with E-state index in [0.29, 0.717) is 17.6 Å². The van der Waals surface area contributed by atoms with Gasteiger partial charge in [0.15, 0.2) is 0 Å². The van der Waals surface area contributed by atoms with Gasteiger partial charge in [-0.2, -0.15) is 4.98 Å².